The van der Waals surface area contributed by atoms with E-state index < -0.39 is 137 Å². The monoisotopic (exact) mass is 1380 g/mol. The minimum Gasteiger partial charge on any atom is -0.425 e. The van der Waals surface area contributed by atoms with Crippen LogP contribution >= 0.6 is 0 Å². The van der Waals surface area contributed by atoms with Gasteiger partial charge in [0, 0.05) is 6.17 Å². The van der Waals surface area contributed by atoms with Gasteiger partial charge in [-0.05, 0) is 231 Å². The lowest BCUT2D eigenvalue weighted by atomic mass is 10.4. The molecule has 0 bridgehead atoms. The standard InChI is InChI=1S/C9H28N2O2Si4.C9H25NO2Si3.C8H26N2O2Si4.C7H23NO2Si4.C6H21NO2Si4/c1-10(2)9-14-11-15(3,4)12-17(7,8)13-16(11,5)6;1-9(2)10-13(3,4)11-15(7,8)12-14(10,5)6;1-9(2)13-10-14(3,4)11-16(7,8)12-15(10,5)6;1-11-8-12(2,3)9-14(6,7)10-13(8,4)5;1-11(2)7(10)12(3,4)9-13(5,6)8-11/h9,14H2,1-8H3;9H,1-8H3;13H2,1-8H3;11H2,1-7H3;1-6,10H3. The molecule has 5 rings (SSSR count). The van der Waals surface area contributed by atoms with Gasteiger partial charge in [0.1, 0.15) is 0 Å². The molecule has 5 fully saturated rings. The largest absolute Gasteiger partial charge is 0.425 e. The number of hydrogen-bond acceptors (Lipinski definition) is 17. The molecule has 0 aromatic rings. The van der Waals surface area contributed by atoms with Gasteiger partial charge in [0.05, 0.1) is 29.8 Å². The van der Waals surface area contributed by atoms with Gasteiger partial charge in [0.2, 0.25) is 67.8 Å². The third kappa shape index (κ3) is 23.0. The number of hydrogen-bond donors (Lipinski definition) is 0. The topological polar surface area (TPSA) is 115 Å². The highest BCUT2D eigenvalue weighted by atomic mass is 28.6. The highest BCUT2D eigenvalue weighted by molar-refractivity contribution is 7.03. The molecule has 0 saturated carbocycles. The van der Waals surface area contributed by atoms with Gasteiger partial charge < -0.3 is 70.4 Å². The maximum absolute atomic E-state index is 6.37. The summed E-state index contributed by atoms with van der Waals surface area (Å²) in [5.74, 6) is 0. The highest BCUT2D eigenvalue weighted by Gasteiger charge is 2.58. The van der Waals surface area contributed by atoms with Crippen molar-refractivity contribution >= 4 is 167 Å². The summed E-state index contributed by atoms with van der Waals surface area (Å²) < 4.78 is 78.3. The molecule has 0 aromatic heterocycles. The van der Waals surface area contributed by atoms with Crippen LogP contribution in [-0.4, -0.2) is 237 Å². The molecular formula is C39H123N7O10Si19. The molecule has 0 N–H and O–H groups in total. The first-order valence-corrected chi connectivity index (χ1v) is 76.2. The molecule has 5 heterocycles. The predicted molar refractivity (Wildman–Crippen MR) is 371 cm³/mol. The van der Waals surface area contributed by atoms with Crippen molar-refractivity contribution in [2.75, 3.05) is 34.4 Å². The van der Waals surface area contributed by atoms with Crippen molar-refractivity contribution in [2.24, 2.45) is 0 Å². The molecule has 0 radical (unpaired) electrons. The fourth-order valence-electron chi connectivity index (χ4n) is 13.4. The van der Waals surface area contributed by atoms with Crippen LogP contribution in [0.5, 0.6) is 0 Å². The van der Waals surface area contributed by atoms with Crippen molar-refractivity contribution < 1.29 is 41.2 Å². The van der Waals surface area contributed by atoms with Crippen molar-refractivity contribution in [3.8, 4) is 0 Å². The first-order chi connectivity index (χ1) is 32.6. The zero-order valence-electron chi connectivity index (χ0n) is 56.1. The Kier molecular flexibility index (Phi) is 26.7. The van der Waals surface area contributed by atoms with Gasteiger partial charge >= 0.3 is 42.8 Å². The quantitative estimate of drug-likeness (QED) is 0.240. The lowest BCUT2D eigenvalue weighted by molar-refractivity contribution is 0.266. The summed E-state index contributed by atoms with van der Waals surface area (Å²) in [6.07, 6.45) is 1.21. The molecule has 75 heavy (non-hydrogen) atoms. The zero-order valence-corrected chi connectivity index (χ0v) is 77.4. The first-order valence-electron chi connectivity index (χ1n) is 27.8. The molecule has 0 aliphatic carbocycles. The second kappa shape index (κ2) is 26.2. The fourth-order valence-corrected chi connectivity index (χ4v) is 123. The Morgan fingerprint density at radius 2 is 0.587 bits per heavy atom. The van der Waals surface area contributed by atoms with Crippen molar-refractivity contribution in [1.29, 1.82) is 0 Å². The SMILES string of the molecule is CC(C)N1[Si](C)(C)O[Si](C)(C)O[Si]1(C)C.CN(C)C[SiH2]N1[Si](C)(C)O[Si](C)(C)O[Si]1(C)C.CN(C)[SiH2]N1[Si](C)(C)O[Si](C)(C)O[Si]1(C)C.C[SiH2]N1[Si](C)(C)O[Si](C)(C)O[Si]1(C)C.C[Si]1(C)O[Si](C)(C)N([SiH3])[Si](C)(C)O1. The van der Waals surface area contributed by atoms with Crippen LogP contribution in [0.25, 0.3) is 0 Å². The van der Waals surface area contributed by atoms with Crippen LogP contribution in [-0.2, 0) is 41.2 Å². The van der Waals surface area contributed by atoms with Crippen LogP contribution in [0.1, 0.15) is 13.8 Å². The van der Waals surface area contributed by atoms with Gasteiger partial charge in [-0.3, -0.25) is 0 Å². The molecule has 0 spiro atoms. The molecule has 36 heteroatoms. The van der Waals surface area contributed by atoms with Crippen molar-refractivity contribution in [3.63, 3.8) is 0 Å². The van der Waals surface area contributed by atoms with E-state index >= 15 is 0 Å². The van der Waals surface area contributed by atoms with E-state index in [0.29, 0.717) is 6.04 Å². The molecule has 5 aliphatic rings. The molecule has 0 amide bonds. The molecule has 0 aromatic carbocycles. The van der Waals surface area contributed by atoms with E-state index in [0.717, 1.165) is 10.4 Å². The van der Waals surface area contributed by atoms with E-state index in [1.807, 2.05) is 0 Å². The van der Waals surface area contributed by atoms with E-state index in [9.17, 15) is 0 Å². The van der Waals surface area contributed by atoms with Gasteiger partial charge in [-0.25, -0.2) is 0 Å². The highest BCUT2D eigenvalue weighted by Crippen LogP contribution is 2.37. The third-order valence-electron chi connectivity index (χ3n) is 13.7. The maximum atomic E-state index is 6.37. The summed E-state index contributed by atoms with van der Waals surface area (Å²) in [5.41, 5.74) is 0. The Labute approximate surface area is 490 Å². The van der Waals surface area contributed by atoms with Crippen LogP contribution in [0.4, 0.5) is 0 Å². The van der Waals surface area contributed by atoms with Gasteiger partial charge in [-0.1, -0.05) is 20.4 Å². The van der Waals surface area contributed by atoms with E-state index in [-0.39, 0.29) is 19.4 Å². The Morgan fingerprint density at radius 1 is 0.360 bits per heavy atom. The smallest absolute Gasteiger partial charge is 0.312 e. The summed E-state index contributed by atoms with van der Waals surface area (Å²) in [4.78, 5) is 2.29. The Bertz CT molecular complexity index is 1750. The summed E-state index contributed by atoms with van der Waals surface area (Å²) in [7, 11) is -16.9. The predicted octanol–water partition coefficient (Wildman–Crippen LogP) is 7.19. The normalized spacial score (nSPS) is 29.8. The van der Waals surface area contributed by atoms with Gasteiger partial charge in [0.25, 0.3) is 17.0 Å². The Balaban J connectivity index is 0.000000470. The molecule has 17 nitrogen and oxygen atoms in total. The van der Waals surface area contributed by atoms with Crippen LogP contribution in [0.3, 0.4) is 0 Å². The average molecular weight is 1380 g/mol. The summed E-state index contributed by atoms with van der Waals surface area (Å²) in [6, 6.07) is 0.526. The average Bonchev–Trinajstić information content (AvgIpc) is 3.02. The van der Waals surface area contributed by atoms with Crippen molar-refractivity contribution in [1.82, 2.24) is 29.3 Å². The lowest BCUT2D eigenvalue weighted by Crippen LogP contribution is -2.76. The minimum atomic E-state index is -1.87. The maximum Gasteiger partial charge on any atom is 0.312 e. The molecule has 0 unspecified atom stereocenters. The van der Waals surface area contributed by atoms with Crippen LogP contribution in [0.15, 0.2) is 0 Å². The molecule has 450 valence electrons. The van der Waals surface area contributed by atoms with E-state index in [1.165, 1.54) is 6.17 Å². The number of rotatable bonds is 7. The van der Waals surface area contributed by atoms with Crippen LogP contribution in [0, 0.1) is 0 Å². The fraction of sp³-hybridized carbons (Fsp3) is 1.00. The van der Waals surface area contributed by atoms with Gasteiger partial charge in [-0.2, -0.15) is 0 Å². The van der Waals surface area contributed by atoms with Crippen molar-refractivity contribution in [2.45, 2.75) is 223 Å². The first kappa shape index (κ1) is 76.5. The lowest BCUT2D eigenvalue weighted by Gasteiger charge is -2.56. The van der Waals surface area contributed by atoms with E-state index in [4.69, 9.17) is 41.2 Å². The second-order valence-corrected chi connectivity index (χ2v) is 99.2. The van der Waals surface area contributed by atoms with Crippen LogP contribution in [0.2, 0.25) is 203 Å². The van der Waals surface area contributed by atoms with Crippen LogP contribution < -0.4 is 0 Å². The molecular weight excluding hydrogens is 1260 g/mol. The third-order valence-corrected chi connectivity index (χ3v) is 111. The summed E-state index contributed by atoms with van der Waals surface area (Å²) in [6.45, 7) is 75.1. The van der Waals surface area contributed by atoms with E-state index in [1.54, 1.807) is 0 Å². The molecule has 5 aliphatic heterocycles. The van der Waals surface area contributed by atoms with E-state index in [2.05, 4.69) is 274 Å². The Hall–Kier alpha value is 3.44. The Morgan fingerprint density at radius 3 is 0.813 bits per heavy atom. The molecule has 0 atom stereocenters. The summed E-state index contributed by atoms with van der Waals surface area (Å²) >= 11 is 0. The number of nitrogens with zero attached hydrogens (tertiary/aromatic N) is 7. The zero-order chi connectivity index (χ0) is 60.0. The molecule has 5 saturated heterocycles. The summed E-state index contributed by atoms with van der Waals surface area (Å²) in [5, 5.41) is 0. The van der Waals surface area contributed by atoms with Gasteiger partial charge in [0.15, 0.2) is 9.84 Å². The minimum absolute atomic E-state index is 0.160. The second-order valence-electron chi connectivity index (χ2n) is 28.9. The van der Waals surface area contributed by atoms with Gasteiger partial charge in [-0.15, -0.1) is 0 Å². The van der Waals surface area contributed by atoms with Crippen molar-refractivity contribution in [3.05, 3.63) is 0 Å².